The third kappa shape index (κ3) is 5.40. The summed E-state index contributed by atoms with van der Waals surface area (Å²) in [5.74, 6) is 2.03. The molecule has 1 heterocycles. The number of aromatic nitrogens is 1. The van der Waals surface area contributed by atoms with Crippen LogP contribution in [0.4, 0.5) is 5.69 Å². The summed E-state index contributed by atoms with van der Waals surface area (Å²) in [6, 6.07) is 12.1. The Kier molecular flexibility index (Phi) is 7.75. The van der Waals surface area contributed by atoms with Crippen LogP contribution in [-0.2, 0) is 6.61 Å². The summed E-state index contributed by atoms with van der Waals surface area (Å²) in [5.41, 5.74) is 1.84. The highest BCUT2D eigenvalue weighted by Crippen LogP contribution is 2.40. The maximum Gasteiger partial charge on any atom is 0.255 e. The van der Waals surface area contributed by atoms with Crippen LogP contribution >= 0.6 is 0 Å². The summed E-state index contributed by atoms with van der Waals surface area (Å²) in [5, 5.41) is 2.85. The smallest absolute Gasteiger partial charge is 0.255 e. The molecule has 3 rings (SSSR count). The van der Waals surface area contributed by atoms with Gasteiger partial charge in [-0.1, -0.05) is 6.07 Å². The molecule has 0 saturated carbocycles. The predicted octanol–water partition coefficient (Wildman–Crippen LogP) is 4.34. The second kappa shape index (κ2) is 10.9. The quantitative estimate of drug-likeness (QED) is 0.504. The molecule has 0 bridgehead atoms. The first-order valence-corrected chi connectivity index (χ1v) is 9.99. The molecule has 0 aliphatic heterocycles. The van der Waals surface area contributed by atoms with Crippen LogP contribution in [0.5, 0.6) is 28.7 Å². The van der Waals surface area contributed by atoms with Gasteiger partial charge in [-0.2, -0.15) is 0 Å². The number of hydrogen-bond donors (Lipinski definition) is 1. The number of carbonyl (C=O) groups is 1. The van der Waals surface area contributed by atoms with E-state index in [-0.39, 0.29) is 5.91 Å². The van der Waals surface area contributed by atoms with Crippen molar-refractivity contribution in [2.45, 2.75) is 13.5 Å². The maximum atomic E-state index is 12.9. The average molecular weight is 438 g/mol. The standard InChI is InChI=1S/C24H26N2O6/c1-5-31-20-11-17(8-9-19(20)32-15-16-7-6-10-25-14-16)24(27)26-18-12-21(28-2)23(30-4)22(13-18)29-3/h6-14H,5,15H2,1-4H3,(H,26,27). The Balaban J connectivity index is 1.80. The fraction of sp³-hybridized carbons (Fsp3) is 0.250. The van der Waals surface area contributed by atoms with Crippen LogP contribution in [0.3, 0.4) is 0 Å². The maximum absolute atomic E-state index is 12.9. The molecular formula is C24H26N2O6. The number of nitrogens with one attached hydrogen (secondary N) is 1. The highest BCUT2D eigenvalue weighted by molar-refractivity contribution is 6.05. The minimum absolute atomic E-state index is 0.320. The lowest BCUT2D eigenvalue weighted by Gasteiger charge is -2.15. The Morgan fingerprint density at radius 3 is 2.25 bits per heavy atom. The van der Waals surface area contributed by atoms with Gasteiger partial charge in [0.25, 0.3) is 5.91 Å². The van der Waals surface area contributed by atoms with E-state index in [9.17, 15) is 4.79 Å². The van der Waals surface area contributed by atoms with Gasteiger partial charge in [-0.25, -0.2) is 0 Å². The fourth-order valence-corrected chi connectivity index (χ4v) is 3.04. The van der Waals surface area contributed by atoms with E-state index in [1.165, 1.54) is 21.3 Å². The fourth-order valence-electron chi connectivity index (χ4n) is 3.04. The van der Waals surface area contributed by atoms with E-state index < -0.39 is 0 Å². The van der Waals surface area contributed by atoms with Crippen molar-refractivity contribution >= 4 is 11.6 Å². The average Bonchev–Trinajstić information content (AvgIpc) is 2.83. The van der Waals surface area contributed by atoms with Crippen molar-refractivity contribution in [2.24, 2.45) is 0 Å². The molecule has 0 aliphatic carbocycles. The lowest BCUT2D eigenvalue weighted by Crippen LogP contribution is -2.13. The Morgan fingerprint density at radius 1 is 0.906 bits per heavy atom. The first-order valence-electron chi connectivity index (χ1n) is 9.99. The SMILES string of the molecule is CCOc1cc(C(=O)Nc2cc(OC)c(OC)c(OC)c2)ccc1OCc1cccnc1. The Morgan fingerprint density at radius 2 is 1.66 bits per heavy atom. The van der Waals surface area contributed by atoms with Gasteiger partial charge < -0.3 is 29.0 Å². The molecule has 0 saturated heterocycles. The summed E-state index contributed by atoms with van der Waals surface area (Å²) in [7, 11) is 4.55. The molecule has 1 amide bonds. The molecule has 0 spiro atoms. The third-order valence-electron chi connectivity index (χ3n) is 4.55. The van der Waals surface area contributed by atoms with E-state index in [0.29, 0.717) is 53.2 Å². The van der Waals surface area contributed by atoms with E-state index in [4.69, 9.17) is 23.7 Å². The third-order valence-corrected chi connectivity index (χ3v) is 4.55. The largest absolute Gasteiger partial charge is 0.493 e. The first-order chi connectivity index (χ1) is 15.6. The molecule has 0 fully saturated rings. The summed E-state index contributed by atoms with van der Waals surface area (Å²) < 4.78 is 27.6. The molecule has 32 heavy (non-hydrogen) atoms. The van der Waals surface area contributed by atoms with Crippen molar-refractivity contribution in [2.75, 3.05) is 33.3 Å². The molecule has 0 aliphatic rings. The molecule has 2 aromatic carbocycles. The van der Waals surface area contributed by atoms with Gasteiger partial charge in [0.15, 0.2) is 23.0 Å². The number of methoxy groups -OCH3 is 3. The molecule has 8 heteroatoms. The van der Waals surface area contributed by atoms with E-state index in [0.717, 1.165) is 5.56 Å². The Bertz CT molecular complexity index is 1030. The minimum atomic E-state index is -0.320. The van der Waals surface area contributed by atoms with Crippen molar-refractivity contribution in [3.63, 3.8) is 0 Å². The zero-order valence-corrected chi connectivity index (χ0v) is 18.5. The number of carbonyl (C=O) groups excluding carboxylic acids is 1. The Labute approximate surface area is 187 Å². The normalized spacial score (nSPS) is 10.2. The van der Waals surface area contributed by atoms with Gasteiger partial charge in [0.1, 0.15) is 6.61 Å². The van der Waals surface area contributed by atoms with Gasteiger partial charge in [0.05, 0.1) is 27.9 Å². The molecule has 0 unspecified atom stereocenters. The first kappa shape index (κ1) is 22.7. The van der Waals surface area contributed by atoms with Crippen molar-refractivity contribution < 1.29 is 28.5 Å². The number of rotatable bonds is 10. The van der Waals surface area contributed by atoms with E-state index in [1.807, 2.05) is 19.1 Å². The van der Waals surface area contributed by atoms with Crippen LogP contribution in [0.2, 0.25) is 0 Å². The number of ether oxygens (including phenoxy) is 5. The molecule has 0 radical (unpaired) electrons. The molecule has 0 atom stereocenters. The van der Waals surface area contributed by atoms with Crippen LogP contribution in [0.1, 0.15) is 22.8 Å². The lowest BCUT2D eigenvalue weighted by atomic mass is 10.1. The van der Waals surface area contributed by atoms with Crippen LogP contribution < -0.4 is 29.0 Å². The van der Waals surface area contributed by atoms with Gasteiger partial charge in [-0.3, -0.25) is 9.78 Å². The number of benzene rings is 2. The number of amides is 1. The van der Waals surface area contributed by atoms with Crippen LogP contribution in [0.15, 0.2) is 54.9 Å². The van der Waals surface area contributed by atoms with Gasteiger partial charge >= 0.3 is 0 Å². The van der Waals surface area contributed by atoms with Crippen molar-refractivity contribution in [1.82, 2.24) is 4.98 Å². The van der Waals surface area contributed by atoms with Crippen LogP contribution in [0.25, 0.3) is 0 Å². The lowest BCUT2D eigenvalue weighted by molar-refractivity contribution is 0.102. The highest BCUT2D eigenvalue weighted by atomic mass is 16.5. The molecule has 1 N–H and O–H groups in total. The van der Waals surface area contributed by atoms with Gasteiger partial charge in [0.2, 0.25) is 5.75 Å². The number of anilines is 1. The molecule has 3 aromatic rings. The zero-order chi connectivity index (χ0) is 22.9. The summed E-state index contributed by atoms with van der Waals surface area (Å²) in [4.78, 5) is 17.0. The van der Waals surface area contributed by atoms with Crippen molar-refractivity contribution in [1.29, 1.82) is 0 Å². The summed E-state index contributed by atoms with van der Waals surface area (Å²) >= 11 is 0. The topological polar surface area (TPSA) is 88.1 Å². The number of hydrogen-bond acceptors (Lipinski definition) is 7. The van der Waals surface area contributed by atoms with Gasteiger partial charge in [-0.15, -0.1) is 0 Å². The van der Waals surface area contributed by atoms with Gasteiger partial charge in [0, 0.05) is 41.3 Å². The molecular weight excluding hydrogens is 412 g/mol. The second-order valence-electron chi connectivity index (χ2n) is 6.61. The minimum Gasteiger partial charge on any atom is -0.493 e. The molecule has 1 aromatic heterocycles. The number of nitrogens with zero attached hydrogens (tertiary/aromatic N) is 1. The number of pyridine rings is 1. The van der Waals surface area contributed by atoms with Crippen LogP contribution in [0, 0.1) is 0 Å². The Hall–Kier alpha value is -3.94. The van der Waals surface area contributed by atoms with Crippen molar-refractivity contribution in [3.05, 3.63) is 66.0 Å². The summed E-state index contributed by atoms with van der Waals surface area (Å²) in [6.07, 6.45) is 3.44. The van der Waals surface area contributed by atoms with E-state index in [2.05, 4.69) is 10.3 Å². The summed E-state index contributed by atoms with van der Waals surface area (Å²) in [6.45, 7) is 2.64. The van der Waals surface area contributed by atoms with E-state index >= 15 is 0 Å². The monoisotopic (exact) mass is 438 g/mol. The second-order valence-corrected chi connectivity index (χ2v) is 6.61. The predicted molar refractivity (Wildman–Crippen MR) is 120 cm³/mol. The highest BCUT2D eigenvalue weighted by Gasteiger charge is 2.16. The van der Waals surface area contributed by atoms with Crippen molar-refractivity contribution in [3.8, 4) is 28.7 Å². The van der Waals surface area contributed by atoms with E-state index in [1.54, 1.807) is 42.7 Å². The zero-order valence-electron chi connectivity index (χ0n) is 18.5. The molecule has 8 nitrogen and oxygen atoms in total. The molecule has 168 valence electrons. The van der Waals surface area contributed by atoms with Gasteiger partial charge in [-0.05, 0) is 31.2 Å². The van der Waals surface area contributed by atoms with Crippen LogP contribution in [-0.4, -0.2) is 38.8 Å².